The highest BCUT2D eigenvalue weighted by atomic mass is 32.1. The van der Waals surface area contributed by atoms with Crippen LogP contribution in [-0.4, -0.2) is 22.6 Å². The fraction of sp³-hybridized carbons (Fsp3) is 0.167. The van der Waals surface area contributed by atoms with Crippen LogP contribution in [-0.2, 0) is 6.42 Å². The van der Waals surface area contributed by atoms with E-state index in [1.807, 2.05) is 5.38 Å². The maximum atomic E-state index is 10.9. The van der Waals surface area contributed by atoms with E-state index >= 15 is 0 Å². The van der Waals surface area contributed by atoms with Crippen molar-refractivity contribution in [3.63, 3.8) is 0 Å². The predicted octanol–water partition coefficient (Wildman–Crippen LogP) is 2.50. The van der Waals surface area contributed by atoms with Gasteiger partial charge >= 0.3 is 5.97 Å². The van der Waals surface area contributed by atoms with Gasteiger partial charge in [-0.2, -0.15) is 11.3 Å². The minimum absolute atomic E-state index is 0.255. The Morgan fingerprint density at radius 3 is 3.06 bits per heavy atom. The molecule has 0 fully saturated rings. The van der Waals surface area contributed by atoms with E-state index in [0.717, 1.165) is 6.42 Å². The first kappa shape index (κ1) is 11.6. The van der Waals surface area contributed by atoms with Gasteiger partial charge in [-0.25, -0.2) is 4.79 Å². The van der Waals surface area contributed by atoms with Crippen molar-refractivity contribution in [1.82, 2.24) is 4.98 Å². The van der Waals surface area contributed by atoms with Crippen LogP contribution in [0.25, 0.3) is 0 Å². The van der Waals surface area contributed by atoms with E-state index in [2.05, 4.69) is 21.7 Å². The molecule has 0 saturated carbocycles. The summed E-state index contributed by atoms with van der Waals surface area (Å²) < 4.78 is 0. The first-order valence-corrected chi connectivity index (χ1v) is 6.14. The number of hydrogen-bond donors (Lipinski definition) is 2. The second kappa shape index (κ2) is 5.45. The molecule has 0 saturated heterocycles. The number of nitrogens with zero attached hydrogens (tertiary/aromatic N) is 1. The predicted molar refractivity (Wildman–Crippen MR) is 67.7 cm³/mol. The van der Waals surface area contributed by atoms with Gasteiger partial charge in [-0.05, 0) is 34.9 Å². The van der Waals surface area contributed by atoms with E-state index < -0.39 is 5.97 Å². The number of aromatic carboxylic acids is 1. The Bertz CT molecular complexity index is 497. The quantitative estimate of drug-likeness (QED) is 0.853. The number of carbonyl (C=O) groups is 1. The number of rotatable bonds is 5. The molecule has 0 aromatic carbocycles. The zero-order valence-corrected chi connectivity index (χ0v) is 9.91. The molecule has 17 heavy (non-hydrogen) atoms. The zero-order valence-electron chi connectivity index (χ0n) is 9.09. The zero-order chi connectivity index (χ0) is 12.1. The molecule has 88 valence electrons. The van der Waals surface area contributed by atoms with Crippen molar-refractivity contribution in [2.75, 3.05) is 11.9 Å². The Labute approximate surface area is 103 Å². The van der Waals surface area contributed by atoms with E-state index in [1.54, 1.807) is 11.3 Å². The smallest absolute Gasteiger partial charge is 0.337 e. The molecule has 0 bridgehead atoms. The van der Waals surface area contributed by atoms with Crippen molar-refractivity contribution in [3.05, 3.63) is 46.4 Å². The molecule has 2 heterocycles. The molecule has 0 aliphatic heterocycles. The number of thiophene rings is 1. The normalized spacial score (nSPS) is 10.1. The molecule has 0 spiro atoms. The average molecular weight is 248 g/mol. The van der Waals surface area contributed by atoms with E-state index in [-0.39, 0.29) is 5.56 Å². The van der Waals surface area contributed by atoms with Crippen LogP contribution < -0.4 is 5.32 Å². The summed E-state index contributed by atoms with van der Waals surface area (Å²) in [6.07, 6.45) is 3.89. The molecular weight excluding hydrogens is 236 g/mol. The minimum Gasteiger partial charge on any atom is -0.478 e. The van der Waals surface area contributed by atoms with Crippen LogP contribution in [0.1, 0.15) is 15.9 Å². The Morgan fingerprint density at radius 2 is 2.35 bits per heavy atom. The van der Waals surface area contributed by atoms with Crippen LogP contribution in [0.3, 0.4) is 0 Å². The number of aromatic nitrogens is 1. The summed E-state index contributed by atoms with van der Waals surface area (Å²) in [6, 6.07) is 3.56. The molecule has 0 radical (unpaired) electrons. The molecule has 0 amide bonds. The molecular formula is C12H12N2O2S. The summed E-state index contributed by atoms with van der Waals surface area (Å²) in [6.45, 7) is 0.697. The lowest BCUT2D eigenvalue weighted by Crippen LogP contribution is -2.09. The number of hydrogen-bond acceptors (Lipinski definition) is 4. The van der Waals surface area contributed by atoms with E-state index in [4.69, 9.17) is 5.11 Å². The highest BCUT2D eigenvalue weighted by Gasteiger charge is 2.08. The van der Waals surface area contributed by atoms with Crippen molar-refractivity contribution in [2.24, 2.45) is 0 Å². The molecule has 0 atom stereocenters. The Hall–Kier alpha value is -1.88. The highest BCUT2D eigenvalue weighted by molar-refractivity contribution is 7.07. The van der Waals surface area contributed by atoms with Gasteiger partial charge in [0.2, 0.25) is 0 Å². The van der Waals surface area contributed by atoms with E-state index in [9.17, 15) is 4.79 Å². The van der Waals surface area contributed by atoms with Crippen LogP contribution in [0.5, 0.6) is 0 Å². The van der Waals surface area contributed by atoms with E-state index in [0.29, 0.717) is 12.2 Å². The number of carboxylic acids is 1. The lowest BCUT2D eigenvalue weighted by atomic mass is 10.2. The molecule has 2 N–H and O–H groups in total. The Balaban J connectivity index is 1.97. The molecule has 0 unspecified atom stereocenters. The van der Waals surface area contributed by atoms with Crippen molar-refractivity contribution < 1.29 is 9.90 Å². The van der Waals surface area contributed by atoms with Crippen LogP contribution in [0.15, 0.2) is 35.3 Å². The number of carboxylic acid groups (broad SMARTS) is 1. The molecule has 5 heteroatoms. The summed E-state index contributed by atoms with van der Waals surface area (Å²) in [4.78, 5) is 14.9. The second-order valence-electron chi connectivity index (χ2n) is 3.53. The fourth-order valence-electron chi connectivity index (χ4n) is 1.50. The number of pyridine rings is 1. The third kappa shape index (κ3) is 3.04. The topological polar surface area (TPSA) is 62.2 Å². The van der Waals surface area contributed by atoms with Gasteiger partial charge in [0.1, 0.15) is 0 Å². The van der Waals surface area contributed by atoms with Gasteiger partial charge in [-0.15, -0.1) is 0 Å². The summed E-state index contributed by atoms with van der Waals surface area (Å²) in [5.41, 5.74) is 2.07. The van der Waals surface area contributed by atoms with Crippen LogP contribution in [0.2, 0.25) is 0 Å². The fourth-order valence-corrected chi connectivity index (χ4v) is 2.20. The maximum Gasteiger partial charge on any atom is 0.337 e. The lowest BCUT2D eigenvalue weighted by molar-refractivity contribution is 0.0698. The summed E-state index contributed by atoms with van der Waals surface area (Å²) in [5.74, 6) is -0.939. The van der Waals surface area contributed by atoms with Gasteiger partial charge in [0, 0.05) is 12.7 Å². The van der Waals surface area contributed by atoms with Crippen molar-refractivity contribution >= 4 is 23.0 Å². The third-order valence-electron chi connectivity index (χ3n) is 2.36. The van der Waals surface area contributed by atoms with Crippen LogP contribution >= 0.6 is 11.3 Å². The standard InChI is InChI=1S/C12H12N2O2S/c15-12(16)10-2-4-13-7-11(10)14-5-1-9-3-6-17-8-9/h2-4,6-8,14H,1,5H2,(H,15,16). The Kier molecular flexibility index (Phi) is 3.72. The van der Waals surface area contributed by atoms with Crippen LogP contribution in [0, 0.1) is 0 Å². The van der Waals surface area contributed by atoms with Gasteiger partial charge < -0.3 is 10.4 Å². The van der Waals surface area contributed by atoms with Gasteiger partial charge in [-0.3, -0.25) is 4.98 Å². The summed E-state index contributed by atoms with van der Waals surface area (Å²) in [5, 5.41) is 16.2. The van der Waals surface area contributed by atoms with Crippen molar-refractivity contribution in [2.45, 2.75) is 6.42 Å². The van der Waals surface area contributed by atoms with Crippen LogP contribution in [0.4, 0.5) is 5.69 Å². The van der Waals surface area contributed by atoms with Gasteiger partial charge in [0.15, 0.2) is 0 Å². The third-order valence-corrected chi connectivity index (χ3v) is 3.09. The Morgan fingerprint density at radius 1 is 1.47 bits per heavy atom. The van der Waals surface area contributed by atoms with Crippen molar-refractivity contribution in [1.29, 1.82) is 0 Å². The maximum absolute atomic E-state index is 10.9. The SMILES string of the molecule is O=C(O)c1ccncc1NCCc1ccsc1. The van der Waals surface area contributed by atoms with Gasteiger partial charge in [-0.1, -0.05) is 0 Å². The number of nitrogens with one attached hydrogen (secondary N) is 1. The molecule has 2 rings (SSSR count). The molecule has 0 aliphatic rings. The lowest BCUT2D eigenvalue weighted by Gasteiger charge is -2.07. The monoisotopic (exact) mass is 248 g/mol. The minimum atomic E-state index is -0.939. The van der Waals surface area contributed by atoms with E-state index in [1.165, 1.54) is 24.0 Å². The largest absolute Gasteiger partial charge is 0.478 e. The summed E-state index contributed by atoms with van der Waals surface area (Å²) >= 11 is 1.66. The van der Waals surface area contributed by atoms with Gasteiger partial charge in [0.25, 0.3) is 0 Å². The van der Waals surface area contributed by atoms with Crippen molar-refractivity contribution in [3.8, 4) is 0 Å². The number of anilines is 1. The molecule has 0 aliphatic carbocycles. The first-order valence-electron chi connectivity index (χ1n) is 5.19. The van der Waals surface area contributed by atoms with Gasteiger partial charge in [0.05, 0.1) is 17.4 Å². The first-order chi connectivity index (χ1) is 8.27. The molecule has 2 aromatic heterocycles. The second-order valence-corrected chi connectivity index (χ2v) is 4.31. The summed E-state index contributed by atoms with van der Waals surface area (Å²) in [7, 11) is 0. The average Bonchev–Trinajstić information content (AvgIpc) is 2.82. The molecule has 2 aromatic rings. The molecule has 4 nitrogen and oxygen atoms in total. The highest BCUT2D eigenvalue weighted by Crippen LogP contribution is 2.13.